The van der Waals surface area contributed by atoms with Crippen molar-refractivity contribution in [2.75, 3.05) is 11.9 Å². The lowest BCUT2D eigenvalue weighted by atomic mass is 10.1. The van der Waals surface area contributed by atoms with E-state index >= 15 is 0 Å². The van der Waals surface area contributed by atoms with Crippen molar-refractivity contribution in [2.24, 2.45) is 4.99 Å². The standard InChI is InChI=1S/C11H13F3N2/c1-3-15-8(2)16-10-7-5-4-6-9(10)11(12,13)14/h4-7H,3H2,1-2H3,(H,15,16). The van der Waals surface area contributed by atoms with Gasteiger partial charge in [-0.05, 0) is 26.0 Å². The molecule has 1 N–H and O–H groups in total. The van der Waals surface area contributed by atoms with Crippen molar-refractivity contribution in [1.29, 1.82) is 0 Å². The summed E-state index contributed by atoms with van der Waals surface area (Å²) in [5.74, 6) is 0.471. The molecule has 5 heteroatoms. The molecule has 1 aromatic rings. The van der Waals surface area contributed by atoms with E-state index in [1.807, 2.05) is 6.92 Å². The van der Waals surface area contributed by atoms with Crippen molar-refractivity contribution < 1.29 is 13.2 Å². The maximum atomic E-state index is 12.6. The molecule has 0 saturated carbocycles. The molecule has 16 heavy (non-hydrogen) atoms. The van der Waals surface area contributed by atoms with Crippen molar-refractivity contribution in [1.82, 2.24) is 0 Å². The highest BCUT2D eigenvalue weighted by Gasteiger charge is 2.33. The molecule has 0 saturated heterocycles. The van der Waals surface area contributed by atoms with Crippen LogP contribution in [-0.4, -0.2) is 12.4 Å². The summed E-state index contributed by atoms with van der Waals surface area (Å²) < 4.78 is 37.8. The van der Waals surface area contributed by atoms with Gasteiger partial charge in [0.1, 0.15) is 0 Å². The number of hydrogen-bond donors (Lipinski definition) is 1. The van der Waals surface area contributed by atoms with Crippen LogP contribution in [0.3, 0.4) is 0 Å². The number of nitrogens with zero attached hydrogens (tertiary/aromatic N) is 1. The lowest BCUT2D eigenvalue weighted by Gasteiger charge is -2.13. The lowest BCUT2D eigenvalue weighted by molar-refractivity contribution is -0.136. The van der Waals surface area contributed by atoms with Gasteiger partial charge in [0, 0.05) is 6.54 Å². The summed E-state index contributed by atoms with van der Waals surface area (Å²) in [7, 11) is 0. The number of amidine groups is 1. The molecule has 0 bridgehead atoms. The predicted octanol–water partition coefficient (Wildman–Crippen LogP) is 3.56. The second kappa shape index (κ2) is 5.01. The van der Waals surface area contributed by atoms with Crippen LogP contribution < -0.4 is 5.32 Å². The van der Waals surface area contributed by atoms with Crippen LogP contribution >= 0.6 is 0 Å². The fraction of sp³-hybridized carbons (Fsp3) is 0.364. The highest BCUT2D eigenvalue weighted by atomic mass is 19.4. The molecule has 0 unspecified atom stereocenters. The molecule has 1 aromatic carbocycles. The van der Waals surface area contributed by atoms with E-state index in [0.29, 0.717) is 12.4 Å². The van der Waals surface area contributed by atoms with E-state index in [9.17, 15) is 13.2 Å². The Morgan fingerprint density at radius 1 is 1.31 bits per heavy atom. The van der Waals surface area contributed by atoms with Gasteiger partial charge in [-0.2, -0.15) is 13.2 Å². The van der Waals surface area contributed by atoms with E-state index in [1.165, 1.54) is 12.1 Å². The molecule has 0 aliphatic rings. The number of anilines is 1. The van der Waals surface area contributed by atoms with Crippen LogP contribution in [0.5, 0.6) is 0 Å². The highest BCUT2D eigenvalue weighted by Crippen LogP contribution is 2.34. The van der Waals surface area contributed by atoms with Crippen LogP contribution in [0.4, 0.5) is 18.9 Å². The topological polar surface area (TPSA) is 24.4 Å². The minimum Gasteiger partial charge on any atom is -0.344 e. The first-order valence-electron chi connectivity index (χ1n) is 4.89. The third-order valence-corrected chi connectivity index (χ3v) is 1.94. The zero-order valence-electron chi connectivity index (χ0n) is 9.10. The number of nitrogens with one attached hydrogen (secondary N) is 1. The van der Waals surface area contributed by atoms with E-state index in [1.54, 1.807) is 13.0 Å². The average molecular weight is 230 g/mol. The fourth-order valence-corrected chi connectivity index (χ4v) is 1.31. The number of hydrogen-bond acceptors (Lipinski definition) is 1. The average Bonchev–Trinajstić information content (AvgIpc) is 2.17. The second-order valence-corrected chi connectivity index (χ2v) is 3.23. The molecule has 0 atom stereocenters. The Kier molecular flexibility index (Phi) is 3.93. The maximum Gasteiger partial charge on any atom is 0.418 e. The molecule has 0 fully saturated rings. The summed E-state index contributed by atoms with van der Waals surface area (Å²) in [6.45, 7) is 3.99. The summed E-state index contributed by atoms with van der Waals surface area (Å²) in [6.07, 6.45) is -4.35. The third-order valence-electron chi connectivity index (χ3n) is 1.94. The molecule has 0 amide bonds. The summed E-state index contributed by atoms with van der Waals surface area (Å²) in [5, 5.41) is 2.65. The van der Waals surface area contributed by atoms with Gasteiger partial charge in [0.2, 0.25) is 0 Å². The monoisotopic (exact) mass is 230 g/mol. The molecule has 0 aliphatic heterocycles. The molecule has 0 heterocycles. The predicted molar refractivity (Wildman–Crippen MR) is 58.7 cm³/mol. The molecule has 0 spiro atoms. The number of halogens is 3. The van der Waals surface area contributed by atoms with Crippen LogP contribution in [0, 0.1) is 0 Å². The number of benzene rings is 1. The quantitative estimate of drug-likeness (QED) is 0.609. The van der Waals surface area contributed by atoms with Gasteiger partial charge in [-0.15, -0.1) is 0 Å². The number of aliphatic imine (C=N–C) groups is 1. The smallest absolute Gasteiger partial charge is 0.344 e. The molecule has 0 aromatic heterocycles. The molecule has 88 valence electrons. The first-order chi connectivity index (χ1) is 7.45. The van der Waals surface area contributed by atoms with Crippen molar-refractivity contribution in [3.05, 3.63) is 29.8 Å². The van der Waals surface area contributed by atoms with Crippen molar-refractivity contribution in [3.63, 3.8) is 0 Å². The van der Waals surface area contributed by atoms with Gasteiger partial charge in [-0.1, -0.05) is 12.1 Å². The van der Waals surface area contributed by atoms with Gasteiger partial charge in [-0.3, -0.25) is 4.99 Å². The maximum absolute atomic E-state index is 12.6. The number of alkyl halides is 3. The Labute approximate surface area is 92.2 Å². The molecule has 2 nitrogen and oxygen atoms in total. The van der Waals surface area contributed by atoms with Gasteiger partial charge in [-0.25, -0.2) is 0 Å². The van der Waals surface area contributed by atoms with E-state index in [4.69, 9.17) is 0 Å². The van der Waals surface area contributed by atoms with Crippen molar-refractivity contribution >= 4 is 11.5 Å². The van der Waals surface area contributed by atoms with Gasteiger partial charge in [0.15, 0.2) is 0 Å². The Morgan fingerprint density at radius 2 is 1.94 bits per heavy atom. The van der Waals surface area contributed by atoms with Crippen LogP contribution in [0.2, 0.25) is 0 Å². The zero-order chi connectivity index (χ0) is 12.2. The first kappa shape index (κ1) is 12.5. The van der Waals surface area contributed by atoms with E-state index < -0.39 is 11.7 Å². The second-order valence-electron chi connectivity index (χ2n) is 3.23. The SMILES string of the molecule is CCN=C(C)Nc1ccccc1C(F)(F)F. The summed E-state index contributed by atoms with van der Waals surface area (Å²) in [6, 6.07) is 5.34. The first-order valence-corrected chi connectivity index (χ1v) is 4.89. The third kappa shape index (κ3) is 3.25. The number of rotatable bonds is 2. The van der Waals surface area contributed by atoms with Crippen LogP contribution in [0.25, 0.3) is 0 Å². The van der Waals surface area contributed by atoms with Crippen LogP contribution in [0.1, 0.15) is 19.4 Å². The number of para-hydroxylation sites is 1. The van der Waals surface area contributed by atoms with E-state index in [0.717, 1.165) is 6.07 Å². The molecular weight excluding hydrogens is 217 g/mol. The summed E-state index contributed by atoms with van der Waals surface area (Å²) >= 11 is 0. The van der Waals surface area contributed by atoms with Crippen LogP contribution in [-0.2, 0) is 6.18 Å². The van der Waals surface area contributed by atoms with E-state index in [2.05, 4.69) is 10.3 Å². The minimum atomic E-state index is -4.35. The Hall–Kier alpha value is -1.52. The van der Waals surface area contributed by atoms with Gasteiger partial charge in [0.25, 0.3) is 0 Å². The molecule has 1 rings (SSSR count). The Morgan fingerprint density at radius 3 is 2.50 bits per heavy atom. The summed E-state index contributed by atoms with van der Waals surface area (Å²) in [5.41, 5.74) is -0.648. The normalized spacial score (nSPS) is 12.7. The van der Waals surface area contributed by atoms with Gasteiger partial charge >= 0.3 is 6.18 Å². The summed E-state index contributed by atoms with van der Waals surface area (Å²) in [4.78, 5) is 3.98. The largest absolute Gasteiger partial charge is 0.418 e. The highest BCUT2D eigenvalue weighted by molar-refractivity contribution is 5.94. The molecular formula is C11H13F3N2. The fourth-order valence-electron chi connectivity index (χ4n) is 1.31. The molecule has 0 aliphatic carbocycles. The van der Waals surface area contributed by atoms with Crippen molar-refractivity contribution in [2.45, 2.75) is 20.0 Å². The Balaban J connectivity index is 3.01. The van der Waals surface area contributed by atoms with Gasteiger partial charge in [0.05, 0.1) is 17.1 Å². The van der Waals surface area contributed by atoms with Gasteiger partial charge < -0.3 is 5.32 Å². The van der Waals surface area contributed by atoms with E-state index in [-0.39, 0.29) is 5.69 Å². The van der Waals surface area contributed by atoms with Crippen molar-refractivity contribution in [3.8, 4) is 0 Å². The minimum absolute atomic E-state index is 0.0321. The molecule has 0 radical (unpaired) electrons. The lowest BCUT2D eigenvalue weighted by Crippen LogP contribution is -2.14. The Bertz CT molecular complexity index is 383. The zero-order valence-corrected chi connectivity index (χ0v) is 9.10. The van der Waals surface area contributed by atoms with Crippen LogP contribution in [0.15, 0.2) is 29.3 Å².